The van der Waals surface area contributed by atoms with E-state index in [1.165, 1.54) is 7.11 Å². The number of carbonyl (C=O) groups is 2. The average molecular weight is 239 g/mol. The van der Waals surface area contributed by atoms with Crippen LogP contribution < -0.4 is 0 Å². The average Bonchev–Trinajstić information content (AvgIpc) is 2.77. The number of nitrogens with one attached hydrogen (secondary N) is 1. The molecule has 1 heterocycles. The van der Waals surface area contributed by atoms with Crippen molar-refractivity contribution in [3.05, 3.63) is 23.5 Å². The van der Waals surface area contributed by atoms with Crippen LogP contribution in [0.4, 0.5) is 0 Å². The number of hydrogen-bond acceptors (Lipinski definition) is 4. The van der Waals surface area contributed by atoms with Gasteiger partial charge in [-0.05, 0) is 25.3 Å². The number of aromatic nitrogens is 1. The summed E-state index contributed by atoms with van der Waals surface area (Å²) in [5, 5.41) is 0. The highest BCUT2D eigenvalue weighted by Crippen LogP contribution is 2.13. The van der Waals surface area contributed by atoms with Crippen LogP contribution in [0.2, 0.25) is 0 Å². The van der Waals surface area contributed by atoms with E-state index in [0.717, 1.165) is 5.56 Å². The number of methoxy groups -OCH3 is 1. The summed E-state index contributed by atoms with van der Waals surface area (Å²) < 4.78 is 9.47. The lowest BCUT2D eigenvalue weighted by atomic mass is 10.1. The molecule has 0 aliphatic heterocycles. The third-order valence-electron chi connectivity index (χ3n) is 2.38. The Kier molecular flexibility index (Phi) is 5.26. The predicted molar refractivity (Wildman–Crippen MR) is 61.7 cm³/mol. The van der Waals surface area contributed by atoms with Crippen LogP contribution in [0.1, 0.15) is 35.7 Å². The van der Waals surface area contributed by atoms with Gasteiger partial charge in [-0.1, -0.05) is 0 Å². The van der Waals surface area contributed by atoms with Crippen molar-refractivity contribution < 1.29 is 19.1 Å². The second kappa shape index (κ2) is 6.73. The Bertz CT molecular complexity index is 384. The van der Waals surface area contributed by atoms with Crippen molar-refractivity contribution in [2.75, 3.05) is 13.7 Å². The summed E-state index contributed by atoms with van der Waals surface area (Å²) >= 11 is 0. The van der Waals surface area contributed by atoms with Gasteiger partial charge in [-0.15, -0.1) is 0 Å². The first-order chi connectivity index (χ1) is 8.19. The van der Waals surface area contributed by atoms with Crippen LogP contribution in [0.15, 0.2) is 12.4 Å². The smallest absolute Gasteiger partial charge is 0.339 e. The minimum absolute atomic E-state index is 0.238. The fourth-order valence-corrected chi connectivity index (χ4v) is 1.53. The molecule has 5 nitrogen and oxygen atoms in total. The van der Waals surface area contributed by atoms with E-state index in [4.69, 9.17) is 4.74 Å². The maximum absolute atomic E-state index is 11.5. The third kappa shape index (κ3) is 3.94. The molecule has 0 fully saturated rings. The number of esters is 2. The van der Waals surface area contributed by atoms with Crippen LogP contribution in [-0.4, -0.2) is 30.6 Å². The van der Waals surface area contributed by atoms with E-state index < -0.39 is 0 Å². The van der Waals surface area contributed by atoms with Gasteiger partial charge in [-0.25, -0.2) is 4.79 Å². The minimum atomic E-state index is -0.332. The van der Waals surface area contributed by atoms with Crippen molar-refractivity contribution >= 4 is 11.9 Å². The molecule has 1 rings (SSSR count). The fourth-order valence-electron chi connectivity index (χ4n) is 1.53. The summed E-state index contributed by atoms with van der Waals surface area (Å²) in [6.45, 7) is 2.12. The van der Waals surface area contributed by atoms with E-state index in [-0.39, 0.29) is 11.9 Å². The molecule has 0 unspecified atom stereocenters. The highest BCUT2D eigenvalue weighted by atomic mass is 16.5. The molecule has 0 radical (unpaired) electrons. The van der Waals surface area contributed by atoms with Gasteiger partial charge in [0.05, 0.1) is 19.3 Å². The van der Waals surface area contributed by atoms with Crippen LogP contribution in [0.5, 0.6) is 0 Å². The maximum atomic E-state index is 11.5. The Hall–Kier alpha value is -1.78. The molecular weight excluding hydrogens is 222 g/mol. The van der Waals surface area contributed by atoms with Gasteiger partial charge in [0, 0.05) is 18.8 Å². The summed E-state index contributed by atoms with van der Waals surface area (Å²) in [6.07, 6.45) is 5.02. The molecule has 0 amide bonds. The van der Waals surface area contributed by atoms with Crippen molar-refractivity contribution in [1.29, 1.82) is 0 Å². The number of aryl methyl sites for hydroxylation is 1. The molecule has 0 aromatic carbocycles. The number of aromatic amines is 1. The molecule has 0 saturated heterocycles. The summed E-state index contributed by atoms with van der Waals surface area (Å²) in [7, 11) is 1.36. The third-order valence-corrected chi connectivity index (χ3v) is 2.38. The lowest BCUT2D eigenvalue weighted by Gasteiger charge is -2.03. The van der Waals surface area contributed by atoms with Crippen LogP contribution >= 0.6 is 0 Å². The number of hydrogen-bond donors (Lipinski definition) is 1. The molecule has 1 aromatic heterocycles. The van der Waals surface area contributed by atoms with Gasteiger partial charge >= 0.3 is 11.9 Å². The molecule has 0 aliphatic carbocycles. The number of carbonyl (C=O) groups excluding carboxylic acids is 2. The van der Waals surface area contributed by atoms with Crippen LogP contribution in [0.25, 0.3) is 0 Å². The summed E-state index contributed by atoms with van der Waals surface area (Å²) in [5.74, 6) is -0.569. The minimum Gasteiger partial charge on any atom is -0.469 e. The summed E-state index contributed by atoms with van der Waals surface area (Å²) in [4.78, 5) is 25.4. The lowest BCUT2D eigenvalue weighted by molar-refractivity contribution is -0.140. The number of rotatable bonds is 6. The lowest BCUT2D eigenvalue weighted by Crippen LogP contribution is -2.07. The molecule has 94 valence electrons. The Labute approximate surface area is 100 Å². The van der Waals surface area contributed by atoms with Crippen LogP contribution in [-0.2, 0) is 20.7 Å². The molecule has 1 aromatic rings. The van der Waals surface area contributed by atoms with Gasteiger partial charge in [0.2, 0.25) is 0 Å². The first-order valence-electron chi connectivity index (χ1n) is 5.58. The van der Waals surface area contributed by atoms with E-state index in [9.17, 15) is 9.59 Å². The number of H-pyrrole nitrogens is 1. The molecule has 5 heteroatoms. The van der Waals surface area contributed by atoms with E-state index >= 15 is 0 Å². The highest BCUT2D eigenvalue weighted by Gasteiger charge is 2.13. The number of ether oxygens (including phenoxy) is 2. The van der Waals surface area contributed by atoms with Crippen LogP contribution in [0, 0.1) is 0 Å². The van der Waals surface area contributed by atoms with Gasteiger partial charge < -0.3 is 14.5 Å². The molecule has 1 N–H and O–H groups in total. The molecule has 0 atom stereocenters. The normalized spacial score (nSPS) is 10.0. The zero-order chi connectivity index (χ0) is 12.7. The Morgan fingerprint density at radius 2 is 2.12 bits per heavy atom. The molecule has 0 bridgehead atoms. The highest BCUT2D eigenvalue weighted by molar-refractivity contribution is 5.90. The Morgan fingerprint density at radius 1 is 1.35 bits per heavy atom. The first-order valence-corrected chi connectivity index (χ1v) is 5.58. The molecule has 17 heavy (non-hydrogen) atoms. The topological polar surface area (TPSA) is 68.4 Å². The zero-order valence-electron chi connectivity index (χ0n) is 10.1. The summed E-state index contributed by atoms with van der Waals surface area (Å²) in [5.41, 5.74) is 1.41. The van der Waals surface area contributed by atoms with Gasteiger partial charge in [-0.2, -0.15) is 0 Å². The molecule has 0 aliphatic rings. The second-order valence-corrected chi connectivity index (χ2v) is 3.54. The van der Waals surface area contributed by atoms with Crippen molar-refractivity contribution in [3.63, 3.8) is 0 Å². The van der Waals surface area contributed by atoms with E-state index in [0.29, 0.717) is 31.4 Å². The first kappa shape index (κ1) is 13.3. The van der Waals surface area contributed by atoms with E-state index in [1.54, 1.807) is 19.3 Å². The van der Waals surface area contributed by atoms with Crippen molar-refractivity contribution in [2.24, 2.45) is 0 Å². The van der Waals surface area contributed by atoms with E-state index in [1.807, 2.05) is 0 Å². The molecule has 0 spiro atoms. The Balaban J connectivity index is 2.51. The van der Waals surface area contributed by atoms with Crippen molar-refractivity contribution in [2.45, 2.75) is 26.2 Å². The quantitative estimate of drug-likeness (QED) is 0.767. The van der Waals surface area contributed by atoms with Gasteiger partial charge in [0.1, 0.15) is 0 Å². The van der Waals surface area contributed by atoms with Crippen molar-refractivity contribution in [1.82, 2.24) is 4.98 Å². The monoisotopic (exact) mass is 239 g/mol. The fraction of sp³-hybridized carbons (Fsp3) is 0.500. The van der Waals surface area contributed by atoms with Gasteiger partial charge in [0.15, 0.2) is 0 Å². The maximum Gasteiger partial charge on any atom is 0.339 e. The zero-order valence-corrected chi connectivity index (χ0v) is 10.1. The Morgan fingerprint density at radius 3 is 2.76 bits per heavy atom. The van der Waals surface area contributed by atoms with Crippen LogP contribution in [0.3, 0.4) is 0 Å². The predicted octanol–water partition coefficient (Wildman–Crippen LogP) is 1.69. The van der Waals surface area contributed by atoms with Gasteiger partial charge in [0.25, 0.3) is 0 Å². The van der Waals surface area contributed by atoms with E-state index in [2.05, 4.69) is 9.72 Å². The van der Waals surface area contributed by atoms with Crippen molar-refractivity contribution in [3.8, 4) is 0 Å². The van der Waals surface area contributed by atoms with Gasteiger partial charge in [-0.3, -0.25) is 4.79 Å². The molecule has 0 saturated carbocycles. The molecular formula is C12H17NO4. The summed E-state index contributed by atoms with van der Waals surface area (Å²) in [6, 6.07) is 0. The second-order valence-electron chi connectivity index (χ2n) is 3.54. The standard InChI is InChI=1S/C12H17NO4/c1-3-17-12(15)10-8-13-7-9(10)5-4-6-11(14)16-2/h7-8,13H,3-6H2,1-2H3. The largest absolute Gasteiger partial charge is 0.469 e. The SMILES string of the molecule is CCOC(=O)c1c[nH]cc1CCCC(=O)OC.